The third kappa shape index (κ3) is 3.16. The molecule has 0 saturated carbocycles. The lowest BCUT2D eigenvalue weighted by molar-refractivity contribution is 0.463. The Hall–Kier alpha value is -1.35. The van der Waals surface area contributed by atoms with Crippen LogP contribution in [-0.2, 0) is 16.6 Å². The van der Waals surface area contributed by atoms with Gasteiger partial charge >= 0.3 is 0 Å². The molecule has 1 aromatic rings. The van der Waals surface area contributed by atoms with E-state index < -0.39 is 10.0 Å². The highest BCUT2D eigenvalue weighted by Gasteiger charge is 2.25. The first-order valence-corrected chi connectivity index (χ1v) is 7.56. The summed E-state index contributed by atoms with van der Waals surface area (Å²) in [6, 6.07) is 3.54. The molecule has 5 heteroatoms. The number of rotatable bonds is 5. The lowest BCUT2D eigenvalue weighted by atomic mass is 10.1. The number of nitrogens with two attached hydrogens (primary N) is 1. The van der Waals surface area contributed by atoms with Gasteiger partial charge in [-0.3, -0.25) is 0 Å². The fourth-order valence-corrected chi connectivity index (χ4v) is 3.60. The molecule has 1 aromatic carbocycles. The fourth-order valence-electron chi connectivity index (χ4n) is 1.89. The van der Waals surface area contributed by atoms with Gasteiger partial charge in [-0.15, -0.1) is 6.42 Å². The summed E-state index contributed by atoms with van der Waals surface area (Å²) < 4.78 is 26.5. The lowest BCUT2D eigenvalue weighted by Crippen LogP contribution is -2.32. The first-order chi connectivity index (χ1) is 8.88. The zero-order chi connectivity index (χ0) is 14.6. The van der Waals surface area contributed by atoms with Crippen molar-refractivity contribution in [1.29, 1.82) is 0 Å². The fraction of sp³-hybridized carbons (Fsp3) is 0.429. The minimum Gasteiger partial charge on any atom is -0.326 e. The van der Waals surface area contributed by atoms with Gasteiger partial charge in [-0.1, -0.05) is 18.9 Å². The molecule has 2 N–H and O–H groups in total. The topological polar surface area (TPSA) is 63.4 Å². The number of nitrogens with zero attached hydrogens (tertiary/aromatic N) is 1. The molecule has 19 heavy (non-hydrogen) atoms. The summed E-state index contributed by atoms with van der Waals surface area (Å²) in [7, 11) is -3.56. The van der Waals surface area contributed by atoms with Crippen molar-refractivity contribution in [2.24, 2.45) is 5.73 Å². The van der Waals surface area contributed by atoms with E-state index >= 15 is 0 Å². The lowest BCUT2D eigenvalue weighted by Gasteiger charge is -2.20. The Balaban J connectivity index is 3.44. The molecule has 0 amide bonds. The molecule has 0 atom stereocenters. The van der Waals surface area contributed by atoms with Gasteiger partial charge in [0.25, 0.3) is 0 Å². The highest BCUT2D eigenvalue weighted by atomic mass is 32.2. The monoisotopic (exact) mass is 280 g/mol. The summed E-state index contributed by atoms with van der Waals surface area (Å²) in [6.07, 6.45) is 5.23. The first kappa shape index (κ1) is 15.7. The Bertz CT molecular complexity index is 601. The van der Waals surface area contributed by atoms with Crippen molar-refractivity contribution in [2.45, 2.75) is 32.2 Å². The number of sulfonamides is 1. The second-order valence-corrected chi connectivity index (χ2v) is 6.28. The van der Waals surface area contributed by atoms with Crippen LogP contribution >= 0.6 is 0 Å². The number of benzene rings is 1. The zero-order valence-corrected chi connectivity index (χ0v) is 12.4. The number of terminal acetylenes is 1. The average Bonchev–Trinajstić information content (AvgIpc) is 2.38. The highest BCUT2D eigenvalue weighted by molar-refractivity contribution is 7.89. The number of hydrogen-bond donors (Lipinski definition) is 1. The van der Waals surface area contributed by atoms with Crippen LogP contribution in [0.15, 0.2) is 17.0 Å². The van der Waals surface area contributed by atoms with E-state index in [1.165, 1.54) is 4.31 Å². The predicted molar refractivity (Wildman–Crippen MR) is 77.1 cm³/mol. The minimum absolute atomic E-state index is 0.0736. The van der Waals surface area contributed by atoms with Crippen LogP contribution in [0, 0.1) is 26.2 Å². The molecule has 0 spiro atoms. The standard InChI is InChI=1S/C14H20N2O2S/c1-5-7-16(6-2)19(17,18)14-9-13(10-15)8-11(3)12(14)4/h1,8-9H,6-7,10,15H2,2-4H3. The van der Waals surface area contributed by atoms with Gasteiger partial charge in [-0.05, 0) is 36.6 Å². The molecule has 0 aliphatic carbocycles. The average molecular weight is 280 g/mol. The van der Waals surface area contributed by atoms with Crippen LogP contribution < -0.4 is 5.73 Å². The molecule has 0 aliphatic rings. The van der Waals surface area contributed by atoms with Crippen molar-refractivity contribution in [2.75, 3.05) is 13.1 Å². The summed E-state index contributed by atoms with van der Waals surface area (Å²) >= 11 is 0. The maximum atomic E-state index is 12.6. The Morgan fingerprint density at radius 1 is 1.37 bits per heavy atom. The van der Waals surface area contributed by atoms with Crippen molar-refractivity contribution >= 4 is 10.0 Å². The van der Waals surface area contributed by atoms with Crippen LogP contribution in [0.1, 0.15) is 23.6 Å². The van der Waals surface area contributed by atoms with E-state index in [9.17, 15) is 8.42 Å². The van der Waals surface area contributed by atoms with Crippen LogP contribution in [0.5, 0.6) is 0 Å². The van der Waals surface area contributed by atoms with Gasteiger partial charge in [0, 0.05) is 13.1 Å². The van der Waals surface area contributed by atoms with Crippen molar-refractivity contribution in [3.63, 3.8) is 0 Å². The third-order valence-corrected chi connectivity index (χ3v) is 5.20. The van der Waals surface area contributed by atoms with Crippen LogP contribution in [0.4, 0.5) is 0 Å². The van der Waals surface area contributed by atoms with E-state index in [0.717, 1.165) is 16.7 Å². The van der Waals surface area contributed by atoms with Crippen LogP contribution in [0.3, 0.4) is 0 Å². The molecule has 0 saturated heterocycles. The third-order valence-electron chi connectivity index (χ3n) is 3.15. The van der Waals surface area contributed by atoms with Crippen LogP contribution in [0.2, 0.25) is 0 Å². The van der Waals surface area contributed by atoms with E-state index in [2.05, 4.69) is 5.92 Å². The normalized spacial score (nSPS) is 11.6. The summed E-state index contributed by atoms with van der Waals surface area (Å²) in [4.78, 5) is 0.296. The second kappa shape index (κ2) is 6.20. The summed E-state index contributed by atoms with van der Waals surface area (Å²) in [5.74, 6) is 2.38. The summed E-state index contributed by atoms with van der Waals surface area (Å²) in [5, 5.41) is 0. The maximum Gasteiger partial charge on any atom is 0.244 e. The van der Waals surface area contributed by atoms with Crippen molar-refractivity contribution in [3.05, 3.63) is 28.8 Å². The van der Waals surface area contributed by atoms with Crippen LogP contribution in [-0.4, -0.2) is 25.8 Å². The van der Waals surface area contributed by atoms with E-state index in [0.29, 0.717) is 18.0 Å². The second-order valence-electron chi connectivity index (χ2n) is 4.38. The van der Waals surface area contributed by atoms with Gasteiger partial charge in [-0.2, -0.15) is 4.31 Å². The SMILES string of the molecule is C#CCN(CC)S(=O)(=O)c1cc(CN)cc(C)c1C. The van der Waals surface area contributed by atoms with Crippen molar-refractivity contribution < 1.29 is 8.42 Å². The van der Waals surface area contributed by atoms with Crippen molar-refractivity contribution in [1.82, 2.24) is 4.31 Å². The molecule has 0 bridgehead atoms. The smallest absolute Gasteiger partial charge is 0.244 e. The molecule has 0 radical (unpaired) electrons. The molecule has 0 heterocycles. The zero-order valence-electron chi connectivity index (χ0n) is 11.6. The van der Waals surface area contributed by atoms with Gasteiger partial charge in [-0.25, -0.2) is 8.42 Å². The Labute approximate surface area is 115 Å². The van der Waals surface area contributed by atoms with E-state index in [-0.39, 0.29) is 6.54 Å². The molecule has 0 unspecified atom stereocenters. The minimum atomic E-state index is -3.56. The number of hydrogen-bond acceptors (Lipinski definition) is 3. The molecule has 4 nitrogen and oxygen atoms in total. The van der Waals surface area contributed by atoms with Crippen molar-refractivity contribution in [3.8, 4) is 12.3 Å². The molecule has 0 fully saturated rings. The van der Waals surface area contributed by atoms with E-state index in [1.807, 2.05) is 13.0 Å². The van der Waals surface area contributed by atoms with Gasteiger partial charge < -0.3 is 5.73 Å². The Morgan fingerprint density at radius 2 is 2.00 bits per heavy atom. The maximum absolute atomic E-state index is 12.6. The Morgan fingerprint density at radius 3 is 2.47 bits per heavy atom. The quantitative estimate of drug-likeness (QED) is 0.829. The predicted octanol–water partition coefficient (Wildman–Crippen LogP) is 1.41. The summed E-state index contributed by atoms with van der Waals surface area (Å²) in [6.45, 7) is 6.17. The number of aryl methyl sites for hydroxylation is 1. The molecular formula is C14H20N2O2S. The van der Waals surface area contributed by atoms with Gasteiger partial charge in [0.15, 0.2) is 0 Å². The largest absolute Gasteiger partial charge is 0.326 e. The van der Waals surface area contributed by atoms with Gasteiger partial charge in [0.1, 0.15) is 0 Å². The molecular weight excluding hydrogens is 260 g/mol. The summed E-state index contributed by atoms with van der Waals surface area (Å²) in [5.41, 5.74) is 8.07. The van der Waals surface area contributed by atoms with Gasteiger partial charge in [0.2, 0.25) is 10.0 Å². The van der Waals surface area contributed by atoms with Crippen LogP contribution in [0.25, 0.3) is 0 Å². The molecule has 1 rings (SSSR count). The molecule has 0 aromatic heterocycles. The molecule has 0 aliphatic heterocycles. The Kier molecular flexibility index (Phi) is 5.12. The highest BCUT2D eigenvalue weighted by Crippen LogP contribution is 2.24. The van der Waals surface area contributed by atoms with Gasteiger partial charge in [0.05, 0.1) is 11.4 Å². The van der Waals surface area contributed by atoms with E-state index in [1.54, 1.807) is 19.9 Å². The first-order valence-electron chi connectivity index (χ1n) is 6.12. The molecule has 104 valence electrons. The van der Waals surface area contributed by atoms with E-state index in [4.69, 9.17) is 12.2 Å².